The Balaban J connectivity index is 2.25. The lowest BCUT2D eigenvalue weighted by Crippen LogP contribution is -2.39. The molecule has 5 nitrogen and oxygen atoms in total. The minimum atomic E-state index is -0.671. The first-order chi connectivity index (χ1) is 6.68. The second-order valence-electron chi connectivity index (χ2n) is 3.33. The van der Waals surface area contributed by atoms with Gasteiger partial charge >= 0.3 is 6.03 Å². The SMILES string of the molecule is NC(=O)NC(N)=NSC1CCCCC1. The van der Waals surface area contributed by atoms with Crippen LogP contribution in [-0.2, 0) is 0 Å². The van der Waals surface area contributed by atoms with E-state index < -0.39 is 6.03 Å². The van der Waals surface area contributed by atoms with Crippen molar-refractivity contribution in [3.8, 4) is 0 Å². The van der Waals surface area contributed by atoms with Gasteiger partial charge in [-0.2, -0.15) is 4.40 Å². The highest BCUT2D eigenvalue weighted by Crippen LogP contribution is 2.28. The molecule has 0 spiro atoms. The number of rotatable bonds is 2. The molecule has 0 aromatic heterocycles. The van der Waals surface area contributed by atoms with Crippen LogP contribution in [0.4, 0.5) is 4.79 Å². The summed E-state index contributed by atoms with van der Waals surface area (Å²) < 4.78 is 3.99. The molecule has 1 saturated carbocycles. The zero-order valence-corrected chi connectivity index (χ0v) is 8.85. The number of guanidine groups is 1. The molecule has 2 amide bonds. The van der Waals surface area contributed by atoms with Gasteiger partial charge in [-0.1, -0.05) is 19.3 Å². The van der Waals surface area contributed by atoms with Crippen LogP contribution in [0.1, 0.15) is 32.1 Å². The van der Waals surface area contributed by atoms with Crippen LogP contribution in [-0.4, -0.2) is 17.2 Å². The Labute approximate surface area is 87.8 Å². The van der Waals surface area contributed by atoms with Crippen LogP contribution in [0.3, 0.4) is 0 Å². The van der Waals surface area contributed by atoms with E-state index in [0.717, 1.165) is 0 Å². The molecule has 1 aliphatic rings. The minimum Gasteiger partial charge on any atom is -0.369 e. The molecule has 0 aromatic carbocycles. The maximum Gasteiger partial charge on any atom is 0.318 e. The van der Waals surface area contributed by atoms with E-state index in [1.54, 1.807) is 0 Å². The van der Waals surface area contributed by atoms with Crippen molar-refractivity contribution in [3.63, 3.8) is 0 Å². The molecule has 0 saturated heterocycles. The zero-order chi connectivity index (χ0) is 10.4. The summed E-state index contributed by atoms with van der Waals surface area (Å²) in [5.74, 6) is 0.0908. The third-order valence-corrected chi connectivity index (χ3v) is 3.18. The summed E-state index contributed by atoms with van der Waals surface area (Å²) >= 11 is 1.44. The van der Waals surface area contributed by atoms with E-state index in [1.165, 1.54) is 44.1 Å². The van der Waals surface area contributed by atoms with Gasteiger partial charge < -0.3 is 11.5 Å². The Morgan fingerprint density at radius 2 is 1.93 bits per heavy atom. The number of nitrogens with zero attached hydrogens (tertiary/aromatic N) is 1. The van der Waals surface area contributed by atoms with Crippen molar-refractivity contribution >= 4 is 23.9 Å². The van der Waals surface area contributed by atoms with Gasteiger partial charge in [-0.05, 0) is 24.8 Å². The lowest BCUT2D eigenvalue weighted by atomic mass is 10.0. The summed E-state index contributed by atoms with van der Waals surface area (Å²) in [6, 6.07) is -0.671. The largest absolute Gasteiger partial charge is 0.369 e. The maximum absolute atomic E-state index is 10.4. The average Bonchev–Trinajstić information content (AvgIpc) is 2.15. The van der Waals surface area contributed by atoms with E-state index in [2.05, 4.69) is 9.71 Å². The molecule has 0 radical (unpaired) electrons. The molecule has 0 aromatic rings. The van der Waals surface area contributed by atoms with Crippen molar-refractivity contribution in [2.24, 2.45) is 15.9 Å². The lowest BCUT2D eigenvalue weighted by molar-refractivity contribution is 0.253. The Hall–Kier alpha value is -0.910. The number of primary amides is 1. The molecule has 0 heterocycles. The fraction of sp³-hybridized carbons (Fsp3) is 0.750. The Morgan fingerprint density at radius 3 is 2.50 bits per heavy atom. The second-order valence-corrected chi connectivity index (χ2v) is 4.39. The standard InChI is InChI=1S/C8H16N4OS/c9-7(11-8(10)13)12-14-6-4-2-1-3-5-6/h6H,1-5H2,(H5,9,10,11,12,13). The van der Waals surface area contributed by atoms with Crippen molar-refractivity contribution in [2.45, 2.75) is 37.4 Å². The third kappa shape index (κ3) is 4.36. The number of carbonyl (C=O) groups is 1. The average molecular weight is 216 g/mol. The predicted octanol–water partition coefficient (Wildman–Crippen LogP) is 0.950. The van der Waals surface area contributed by atoms with Crippen LogP contribution in [0.5, 0.6) is 0 Å². The molecule has 0 bridgehead atoms. The van der Waals surface area contributed by atoms with E-state index >= 15 is 0 Å². The van der Waals surface area contributed by atoms with Gasteiger partial charge in [0.25, 0.3) is 0 Å². The topological polar surface area (TPSA) is 93.5 Å². The molecule has 0 aliphatic heterocycles. The van der Waals surface area contributed by atoms with Crippen LogP contribution in [0, 0.1) is 0 Å². The summed E-state index contributed by atoms with van der Waals surface area (Å²) in [6.45, 7) is 0. The van der Waals surface area contributed by atoms with Crippen molar-refractivity contribution in [2.75, 3.05) is 0 Å². The van der Waals surface area contributed by atoms with Crippen LogP contribution >= 0.6 is 11.9 Å². The Morgan fingerprint density at radius 1 is 1.29 bits per heavy atom. The van der Waals surface area contributed by atoms with Crippen molar-refractivity contribution in [3.05, 3.63) is 0 Å². The van der Waals surface area contributed by atoms with E-state index in [0.29, 0.717) is 5.25 Å². The molecule has 80 valence electrons. The molecule has 1 aliphatic carbocycles. The number of nitrogens with one attached hydrogen (secondary N) is 1. The summed E-state index contributed by atoms with van der Waals surface area (Å²) in [4.78, 5) is 10.4. The Kier molecular flexibility index (Phi) is 4.58. The minimum absolute atomic E-state index is 0.0908. The molecular formula is C8H16N4OS. The highest BCUT2D eigenvalue weighted by Gasteiger charge is 2.13. The number of urea groups is 1. The van der Waals surface area contributed by atoms with Gasteiger partial charge in [0, 0.05) is 5.25 Å². The van der Waals surface area contributed by atoms with E-state index in [1.807, 2.05) is 0 Å². The quantitative estimate of drug-likeness (QED) is 0.364. The molecule has 1 rings (SSSR count). The summed E-state index contributed by atoms with van der Waals surface area (Å²) in [7, 11) is 0. The first-order valence-electron chi connectivity index (χ1n) is 4.74. The normalized spacial score (nSPS) is 19.3. The molecule has 1 fully saturated rings. The highest BCUT2D eigenvalue weighted by atomic mass is 32.2. The van der Waals surface area contributed by atoms with Gasteiger partial charge in [0.1, 0.15) is 0 Å². The lowest BCUT2D eigenvalue weighted by Gasteiger charge is -2.18. The summed E-state index contributed by atoms with van der Waals surface area (Å²) in [5, 5.41) is 2.77. The molecule has 0 unspecified atom stereocenters. The molecular weight excluding hydrogens is 200 g/mol. The predicted molar refractivity (Wildman–Crippen MR) is 58.8 cm³/mol. The molecule has 0 atom stereocenters. The van der Waals surface area contributed by atoms with Gasteiger partial charge in [-0.3, -0.25) is 5.32 Å². The number of carbonyl (C=O) groups excluding carboxylic acids is 1. The second kappa shape index (κ2) is 5.74. The van der Waals surface area contributed by atoms with Gasteiger partial charge in [-0.25, -0.2) is 4.79 Å². The fourth-order valence-corrected chi connectivity index (χ4v) is 2.30. The zero-order valence-electron chi connectivity index (χ0n) is 8.03. The van der Waals surface area contributed by atoms with Crippen molar-refractivity contribution in [1.82, 2.24) is 5.32 Å². The Bertz CT molecular complexity index is 225. The maximum atomic E-state index is 10.4. The van der Waals surface area contributed by atoms with E-state index in [-0.39, 0.29) is 5.96 Å². The summed E-state index contributed by atoms with van der Waals surface area (Å²) in [5.41, 5.74) is 10.3. The third-order valence-electron chi connectivity index (χ3n) is 2.10. The number of amides is 2. The smallest absolute Gasteiger partial charge is 0.318 e. The summed E-state index contributed by atoms with van der Waals surface area (Å²) in [6.07, 6.45) is 6.19. The van der Waals surface area contributed by atoms with E-state index in [9.17, 15) is 4.79 Å². The molecule has 14 heavy (non-hydrogen) atoms. The van der Waals surface area contributed by atoms with Gasteiger partial charge in [0.15, 0.2) is 0 Å². The number of hydrogen-bond donors (Lipinski definition) is 3. The van der Waals surface area contributed by atoms with Crippen LogP contribution in [0.15, 0.2) is 4.40 Å². The van der Waals surface area contributed by atoms with Crippen LogP contribution in [0.2, 0.25) is 0 Å². The molecule has 6 heteroatoms. The van der Waals surface area contributed by atoms with Crippen LogP contribution in [0.25, 0.3) is 0 Å². The highest BCUT2D eigenvalue weighted by molar-refractivity contribution is 7.98. The van der Waals surface area contributed by atoms with Gasteiger partial charge in [0.05, 0.1) is 0 Å². The van der Waals surface area contributed by atoms with E-state index in [4.69, 9.17) is 11.5 Å². The molecule has 5 N–H and O–H groups in total. The fourth-order valence-electron chi connectivity index (χ4n) is 1.45. The number of nitrogens with two attached hydrogens (primary N) is 2. The first-order valence-corrected chi connectivity index (χ1v) is 5.58. The van der Waals surface area contributed by atoms with Gasteiger partial charge in [-0.15, -0.1) is 0 Å². The number of hydrogen-bond acceptors (Lipinski definition) is 3. The monoisotopic (exact) mass is 216 g/mol. The first kappa shape index (κ1) is 11.2. The van der Waals surface area contributed by atoms with Crippen LogP contribution < -0.4 is 16.8 Å². The van der Waals surface area contributed by atoms with Gasteiger partial charge in [0.2, 0.25) is 5.96 Å². The van der Waals surface area contributed by atoms with Crippen molar-refractivity contribution in [1.29, 1.82) is 0 Å². The van der Waals surface area contributed by atoms with Crippen molar-refractivity contribution < 1.29 is 4.79 Å².